The number of carbonyl (C=O) groups is 1. The lowest BCUT2D eigenvalue weighted by molar-refractivity contribution is -0.139. The first kappa shape index (κ1) is 23.1. The maximum Gasteiger partial charge on any atom is 0.225 e. The number of carbonyl (C=O) groups excluding carboxylic acids is 1. The van der Waals surface area contributed by atoms with Crippen LogP contribution in [-0.4, -0.2) is 99.2 Å². The average molecular weight is 519 g/mol. The second-order valence-electron chi connectivity index (χ2n) is 9.05. The third-order valence-corrected chi connectivity index (χ3v) is 7.35. The highest BCUT2D eigenvalue weighted by atomic mass is 127. The molecule has 0 unspecified atom stereocenters. The minimum absolute atomic E-state index is 0. The number of amides is 1. The highest BCUT2D eigenvalue weighted by Gasteiger charge is 2.40. The lowest BCUT2D eigenvalue weighted by atomic mass is 9.80. The van der Waals surface area contributed by atoms with Crippen molar-refractivity contribution in [3.05, 3.63) is 0 Å². The van der Waals surface area contributed by atoms with E-state index in [2.05, 4.69) is 25.0 Å². The number of ether oxygens (including phenoxy) is 1. The minimum Gasteiger partial charge on any atom is -0.381 e. The fourth-order valence-electron chi connectivity index (χ4n) is 5.09. The van der Waals surface area contributed by atoms with Gasteiger partial charge in [0.2, 0.25) is 5.91 Å². The van der Waals surface area contributed by atoms with E-state index in [4.69, 9.17) is 4.74 Å². The summed E-state index contributed by atoms with van der Waals surface area (Å²) in [6, 6.07) is 0. The molecule has 7 nitrogen and oxygen atoms in total. The van der Waals surface area contributed by atoms with Gasteiger partial charge in [0.05, 0.1) is 0 Å². The highest BCUT2D eigenvalue weighted by molar-refractivity contribution is 14.0. The quantitative estimate of drug-likeness (QED) is 0.348. The van der Waals surface area contributed by atoms with Crippen molar-refractivity contribution in [2.24, 2.45) is 16.3 Å². The van der Waals surface area contributed by atoms with Crippen molar-refractivity contribution in [3.8, 4) is 0 Å². The van der Waals surface area contributed by atoms with Gasteiger partial charge in [0.15, 0.2) is 5.96 Å². The molecule has 3 aliphatic heterocycles. The molecule has 29 heavy (non-hydrogen) atoms. The van der Waals surface area contributed by atoms with Crippen molar-refractivity contribution in [1.29, 1.82) is 0 Å². The molecule has 4 fully saturated rings. The number of piperazine rings is 1. The van der Waals surface area contributed by atoms with Gasteiger partial charge in [-0.25, -0.2) is 0 Å². The summed E-state index contributed by atoms with van der Waals surface area (Å²) in [5, 5.41) is 3.57. The van der Waals surface area contributed by atoms with Gasteiger partial charge in [0, 0.05) is 78.5 Å². The van der Waals surface area contributed by atoms with Crippen molar-refractivity contribution in [1.82, 2.24) is 20.0 Å². The SMILES string of the molecule is CN=C(NCCN1CCN(C(=O)C2CCC2)CC1)N1CCC2(CCOCC2)C1.I. The number of likely N-dealkylation sites (tertiary alicyclic amines) is 1. The minimum atomic E-state index is 0. The van der Waals surface area contributed by atoms with E-state index >= 15 is 0 Å². The van der Waals surface area contributed by atoms with Crippen LogP contribution in [0.3, 0.4) is 0 Å². The van der Waals surface area contributed by atoms with E-state index in [0.717, 1.165) is 84.4 Å². The standard InChI is InChI=1S/C21H37N5O2.HI/c1-22-20(26-9-5-21(17-26)6-15-28-16-7-21)23-8-10-24-11-13-25(14-12-24)19(27)18-3-2-4-18;/h18H,2-17H2,1H3,(H,22,23);1H. The number of hydrogen-bond donors (Lipinski definition) is 1. The first-order valence-corrected chi connectivity index (χ1v) is 11.2. The van der Waals surface area contributed by atoms with Crippen LogP contribution in [0.25, 0.3) is 0 Å². The number of nitrogens with one attached hydrogen (secondary N) is 1. The molecule has 4 rings (SSSR count). The fourth-order valence-corrected chi connectivity index (χ4v) is 5.09. The van der Waals surface area contributed by atoms with E-state index < -0.39 is 0 Å². The number of hydrogen-bond acceptors (Lipinski definition) is 4. The molecule has 1 spiro atoms. The Bertz CT molecular complexity index is 569. The maximum absolute atomic E-state index is 12.4. The van der Waals surface area contributed by atoms with Crippen LogP contribution >= 0.6 is 24.0 Å². The Kier molecular flexibility index (Phi) is 8.44. The van der Waals surface area contributed by atoms with Gasteiger partial charge in [-0.3, -0.25) is 14.7 Å². The number of guanidine groups is 1. The van der Waals surface area contributed by atoms with E-state index in [1.807, 2.05) is 7.05 Å². The molecule has 0 aromatic heterocycles. The zero-order valence-corrected chi connectivity index (χ0v) is 20.2. The summed E-state index contributed by atoms with van der Waals surface area (Å²) in [5.41, 5.74) is 0.444. The molecule has 0 atom stereocenters. The third kappa shape index (κ3) is 5.55. The summed E-state index contributed by atoms with van der Waals surface area (Å²) >= 11 is 0. The highest BCUT2D eigenvalue weighted by Crippen LogP contribution is 2.39. The summed E-state index contributed by atoms with van der Waals surface area (Å²) < 4.78 is 5.56. The number of aliphatic imine (C=N–C) groups is 1. The first-order valence-electron chi connectivity index (χ1n) is 11.2. The fraction of sp³-hybridized carbons (Fsp3) is 0.905. The summed E-state index contributed by atoms with van der Waals surface area (Å²) in [5.74, 6) is 1.78. The Labute approximate surface area is 192 Å². The predicted molar refractivity (Wildman–Crippen MR) is 126 cm³/mol. The normalized spacial score (nSPS) is 25.6. The van der Waals surface area contributed by atoms with Crippen molar-refractivity contribution in [2.45, 2.75) is 38.5 Å². The second-order valence-corrected chi connectivity index (χ2v) is 9.05. The van der Waals surface area contributed by atoms with Gasteiger partial charge >= 0.3 is 0 Å². The summed E-state index contributed by atoms with van der Waals surface area (Å²) in [6.07, 6.45) is 7.07. The average Bonchev–Trinajstić information content (AvgIpc) is 3.08. The summed E-state index contributed by atoms with van der Waals surface area (Å²) in [6.45, 7) is 9.72. The van der Waals surface area contributed by atoms with Gasteiger partial charge in [0.25, 0.3) is 0 Å². The Morgan fingerprint density at radius 3 is 2.41 bits per heavy atom. The van der Waals surface area contributed by atoms with Gasteiger partial charge in [-0.2, -0.15) is 0 Å². The molecule has 8 heteroatoms. The molecular formula is C21H38IN5O2. The lowest BCUT2D eigenvalue weighted by Crippen LogP contribution is -2.52. The van der Waals surface area contributed by atoms with Crippen LogP contribution in [0.4, 0.5) is 0 Å². The molecule has 1 N–H and O–H groups in total. The van der Waals surface area contributed by atoms with Gasteiger partial charge in [-0.1, -0.05) is 6.42 Å². The first-order chi connectivity index (χ1) is 13.7. The monoisotopic (exact) mass is 519 g/mol. The van der Waals surface area contributed by atoms with Crippen molar-refractivity contribution in [3.63, 3.8) is 0 Å². The Morgan fingerprint density at radius 1 is 1.07 bits per heavy atom. The van der Waals surface area contributed by atoms with E-state index in [1.165, 1.54) is 25.7 Å². The second kappa shape index (κ2) is 10.6. The van der Waals surface area contributed by atoms with Crippen LogP contribution in [-0.2, 0) is 9.53 Å². The third-order valence-electron chi connectivity index (χ3n) is 7.35. The van der Waals surface area contributed by atoms with Gasteiger partial charge in [-0.15, -0.1) is 24.0 Å². The zero-order valence-electron chi connectivity index (χ0n) is 17.9. The topological polar surface area (TPSA) is 60.4 Å². The van der Waals surface area contributed by atoms with Gasteiger partial charge in [0.1, 0.15) is 0 Å². The van der Waals surface area contributed by atoms with Crippen LogP contribution in [0.2, 0.25) is 0 Å². The van der Waals surface area contributed by atoms with E-state index in [0.29, 0.717) is 17.2 Å². The number of rotatable bonds is 4. The van der Waals surface area contributed by atoms with Crippen LogP contribution in [0.15, 0.2) is 4.99 Å². The lowest BCUT2D eigenvalue weighted by Gasteiger charge is -2.38. The molecule has 3 heterocycles. The Hall–Kier alpha value is -0.610. The molecule has 3 saturated heterocycles. The number of halogens is 1. The van der Waals surface area contributed by atoms with E-state index in [-0.39, 0.29) is 24.0 Å². The smallest absolute Gasteiger partial charge is 0.225 e. The maximum atomic E-state index is 12.4. The zero-order chi connectivity index (χ0) is 19.4. The van der Waals surface area contributed by atoms with Crippen molar-refractivity contribution in [2.75, 3.05) is 72.6 Å². The van der Waals surface area contributed by atoms with Crippen molar-refractivity contribution >= 4 is 35.8 Å². The van der Waals surface area contributed by atoms with Crippen LogP contribution < -0.4 is 5.32 Å². The van der Waals surface area contributed by atoms with Crippen molar-refractivity contribution < 1.29 is 9.53 Å². The Balaban J connectivity index is 0.00000240. The molecule has 0 radical (unpaired) electrons. The number of nitrogens with zero attached hydrogens (tertiary/aromatic N) is 4. The Morgan fingerprint density at radius 2 is 1.79 bits per heavy atom. The molecular weight excluding hydrogens is 481 g/mol. The molecule has 1 aliphatic carbocycles. The predicted octanol–water partition coefficient (Wildman–Crippen LogP) is 1.63. The molecule has 166 valence electrons. The summed E-state index contributed by atoms with van der Waals surface area (Å²) in [7, 11) is 1.89. The van der Waals surface area contributed by atoms with Crippen LogP contribution in [0.1, 0.15) is 38.5 Å². The van der Waals surface area contributed by atoms with Gasteiger partial charge < -0.3 is 19.9 Å². The molecule has 1 saturated carbocycles. The molecule has 0 bridgehead atoms. The molecule has 1 amide bonds. The van der Waals surface area contributed by atoms with E-state index in [9.17, 15) is 4.79 Å². The largest absolute Gasteiger partial charge is 0.381 e. The molecule has 0 aromatic rings. The van der Waals surface area contributed by atoms with Gasteiger partial charge in [-0.05, 0) is 37.5 Å². The molecule has 0 aromatic carbocycles. The molecule has 4 aliphatic rings. The van der Waals surface area contributed by atoms with Crippen LogP contribution in [0, 0.1) is 11.3 Å². The van der Waals surface area contributed by atoms with Crippen LogP contribution in [0.5, 0.6) is 0 Å². The summed E-state index contributed by atoms with van der Waals surface area (Å²) in [4.78, 5) is 23.9. The van der Waals surface area contributed by atoms with E-state index in [1.54, 1.807) is 0 Å².